The van der Waals surface area contributed by atoms with Crippen molar-refractivity contribution < 1.29 is 49.0 Å². The number of nitrogens with one attached hydrogen (secondary N) is 1. The highest BCUT2D eigenvalue weighted by Gasteiger charge is 2.53. The van der Waals surface area contributed by atoms with Crippen LogP contribution in [0.4, 0.5) is 0 Å². The van der Waals surface area contributed by atoms with Crippen molar-refractivity contribution in [2.24, 2.45) is 40.2 Å². The van der Waals surface area contributed by atoms with Crippen molar-refractivity contribution in [3.8, 4) is 0 Å². The molecule has 0 bridgehead atoms. The van der Waals surface area contributed by atoms with Crippen molar-refractivity contribution in [1.29, 1.82) is 0 Å². The minimum atomic E-state index is -1.85. The third-order valence-corrected chi connectivity index (χ3v) is 11.9. The molecule has 0 aliphatic carbocycles. The van der Waals surface area contributed by atoms with E-state index in [1.807, 2.05) is 20.8 Å². The summed E-state index contributed by atoms with van der Waals surface area (Å²) >= 11 is 0. The van der Waals surface area contributed by atoms with Gasteiger partial charge in [-0.3, -0.25) is 4.79 Å². The lowest BCUT2D eigenvalue weighted by atomic mass is 9.60. The molecular formula is C38H70N2O10. The number of ether oxygens (including phenoxy) is 4. The van der Waals surface area contributed by atoms with E-state index in [1.165, 1.54) is 14.0 Å². The molecule has 0 spiro atoms. The molecule has 3 aliphatic heterocycles. The molecule has 292 valence electrons. The van der Waals surface area contributed by atoms with Gasteiger partial charge in [0.25, 0.3) is 0 Å². The lowest BCUT2D eigenvalue weighted by Gasteiger charge is -2.51. The second-order valence-corrected chi connectivity index (χ2v) is 17.4. The van der Waals surface area contributed by atoms with Gasteiger partial charge in [-0.2, -0.15) is 0 Å². The van der Waals surface area contributed by atoms with Gasteiger partial charge in [-0.05, 0) is 84.1 Å². The van der Waals surface area contributed by atoms with E-state index in [0.29, 0.717) is 12.3 Å². The number of aliphatic hydroxyl groups is 4. The Hall–Kier alpha value is -1.38. The molecule has 0 aromatic heterocycles. The summed E-state index contributed by atoms with van der Waals surface area (Å²) in [5.74, 6) is -3.37. The van der Waals surface area contributed by atoms with Crippen LogP contribution in [-0.4, -0.2) is 112 Å². The summed E-state index contributed by atoms with van der Waals surface area (Å²) in [4.78, 5) is 20.2. The molecule has 0 amide bonds. The Morgan fingerprint density at radius 2 is 1.64 bits per heavy atom. The van der Waals surface area contributed by atoms with Crippen LogP contribution in [0.1, 0.15) is 115 Å². The molecule has 3 saturated heterocycles. The van der Waals surface area contributed by atoms with E-state index in [2.05, 4.69) is 31.2 Å². The normalized spacial score (nSPS) is 47.0. The second kappa shape index (κ2) is 16.7. The van der Waals surface area contributed by atoms with E-state index in [4.69, 9.17) is 23.8 Å². The van der Waals surface area contributed by atoms with Gasteiger partial charge in [0.2, 0.25) is 0 Å². The summed E-state index contributed by atoms with van der Waals surface area (Å²) in [6, 6.07) is 0. The number of piperidine rings is 1. The standard InChI is InChI=1S/C38H70N2O10/c1-14-27-38(12,45)32(41)22(3)29(40-50-26-16-15-17-39-20-26)21(2)18-36(10,44)31(35(7,8)9)23(4)30(24(5)34(43)48-27)49-28-19-37(11,46-13)33(42)25(6)47-28/h21-28,30-33,39,41-42,44-45H,14-20H2,1-13H3/t21-,22+,23+,24-,25+,26?,27-,28+,30+,31+,32-,33+,36-,37-,38-/m1/s1. The number of oxime groups is 1. The number of carbonyl (C=O) groups is 1. The van der Waals surface area contributed by atoms with E-state index in [0.717, 1.165) is 19.4 Å². The zero-order valence-electron chi connectivity index (χ0n) is 33.1. The predicted octanol–water partition coefficient (Wildman–Crippen LogP) is 4.19. The number of esters is 1. The lowest BCUT2D eigenvalue weighted by Crippen LogP contribution is -2.59. The van der Waals surface area contributed by atoms with Crippen LogP contribution in [0.2, 0.25) is 0 Å². The SMILES string of the molecule is CC[C@H]1OC(=O)[C@H](C)[C@@H](O[C@H]2C[C@@](C)(OC)[C@@H](O)[C@H](C)O2)[C@H](C)[C@@H](C(C)(C)C)[C@](C)(O)C[C@@H](C)C(=NOC2CCCNC2)[C@H](C)[C@@H](O)[C@]1(C)O. The van der Waals surface area contributed by atoms with Gasteiger partial charge in [-0.25, -0.2) is 0 Å². The molecule has 50 heavy (non-hydrogen) atoms. The number of methoxy groups -OCH3 is 1. The fraction of sp³-hybridized carbons (Fsp3) is 0.947. The topological polar surface area (TPSA) is 169 Å². The summed E-state index contributed by atoms with van der Waals surface area (Å²) in [7, 11) is 1.54. The Morgan fingerprint density at radius 1 is 1.00 bits per heavy atom. The molecule has 0 radical (unpaired) electrons. The number of rotatable bonds is 6. The monoisotopic (exact) mass is 715 g/mol. The summed E-state index contributed by atoms with van der Waals surface area (Å²) in [5.41, 5.74) is -4.07. The molecule has 5 N–H and O–H groups in total. The summed E-state index contributed by atoms with van der Waals surface area (Å²) < 4.78 is 24.7. The molecule has 3 heterocycles. The van der Waals surface area contributed by atoms with Gasteiger partial charge >= 0.3 is 5.97 Å². The first-order valence-electron chi connectivity index (χ1n) is 18.8. The highest BCUT2D eigenvalue weighted by atomic mass is 16.7. The van der Waals surface area contributed by atoms with Crippen LogP contribution in [0.5, 0.6) is 0 Å². The van der Waals surface area contributed by atoms with Gasteiger partial charge in [0, 0.05) is 31.9 Å². The van der Waals surface area contributed by atoms with Gasteiger partial charge < -0.3 is 49.5 Å². The van der Waals surface area contributed by atoms with E-state index in [1.54, 1.807) is 34.6 Å². The van der Waals surface area contributed by atoms with E-state index in [9.17, 15) is 25.2 Å². The fourth-order valence-corrected chi connectivity index (χ4v) is 9.32. The molecule has 3 fully saturated rings. The third kappa shape index (κ3) is 9.58. The molecule has 0 aromatic carbocycles. The highest BCUT2D eigenvalue weighted by Crippen LogP contribution is 2.47. The van der Waals surface area contributed by atoms with E-state index < -0.39 is 88.7 Å². The van der Waals surface area contributed by atoms with Crippen molar-refractivity contribution in [3.63, 3.8) is 0 Å². The average Bonchev–Trinajstić information content (AvgIpc) is 3.02. The van der Waals surface area contributed by atoms with Crippen molar-refractivity contribution >= 4 is 11.7 Å². The van der Waals surface area contributed by atoms with Crippen molar-refractivity contribution in [1.82, 2.24) is 5.32 Å². The van der Waals surface area contributed by atoms with Crippen LogP contribution in [0.15, 0.2) is 5.16 Å². The van der Waals surface area contributed by atoms with Crippen LogP contribution < -0.4 is 5.32 Å². The molecule has 3 aliphatic rings. The van der Waals surface area contributed by atoms with Crippen LogP contribution in [0.25, 0.3) is 0 Å². The molecule has 12 nitrogen and oxygen atoms in total. The number of hydrogen-bond acceptors (Lipinski definition) is 12. The second-order valence-electron chi connectivity index (χ2n) is 17.4. The Bertz CT molecular complexity index is 1140. The molecular weight excluding hydrogens is 644 g/mol. The first-order valence-corrected chi connectivity index (χ1v) is 18.8. The van der Waals surface area contributed by atoms with Gasteiger partial charge in [0.1, 0.15) is 23.9 Å². The highest BCUT2D eigenvalue weighted by molar-refractivity contribution is 5.88. The quantitative estimate of drug-likeness (QED) is 0.198. The maximum atomic E-state index is 14.1. The smallest absolute Gasteiger partial charge is 0.311 e. The molecule has 1 unspecified atom stereocenters. The first-order chi connectivity index (χ1) is 23.0. The summed E-state index contributed by atoms with van der Waals surface area (Å²) in [5, 5.41) is 55.1. The van der Waals surface area contributed by atoms with Gasteiger partial charge in [0.15, 0.2) is 6.29 Å². The average molecular weight is 715 g/mol. The molecule has 3 rings (SSSR count). The van der Waals surface area contributed by atoms with E-state index in [-0.39, 0.29) is 31.3 Å². The summed E-state index contributed by atoms with van der Waals surface area (Å²) in [6.07, 6.45) is -3.20. The number of nitrogens with zero attached hydrogens (tertiary/aromatic N) is 1. The Balaban J connectivity index is 2.16. The number of aliphatic hydroxyl groups excluding tert-OH is 2. The van der Waals surface area contributed by atoms with Crippen LogP contribution >= 0.6 is 0 Å². The Labute approximate surface area is 301 Å². The predicted molar refractivity (Wildman–Crippen MR) is 191 cm³/mol. The van der Waals surface area contributed by atoms with Crippen LogP contribution in [0.3, 0.4) is 0 Å². The fourth-order valence-electron chi connectivity index (χ4n) is 9.32. The third-order valence-electron chi connectivity index (χ3n) is 11.9. The van der Waals surface area contributed by atoms with Crippen molar-refractivity contribution in [2.75, 3.05) is 20.2 Å². The first kappa shape index (κ1) is 43.0. The van der Waals surface area contributed by atoms with Crippen molar-refractivity contribution in [3.05, 3.63) is 0 Å². The zero-order chi connectivity index (χ0) is 38.0. The molecule has 0 aromatic rings. The van der Waals surface area contributed by atoms with Gasteiger partial charge in [-0.15, -0.1) is 0 Å². The maximum absolute atomic E-state index is 14.1. The van der Waals surface area contributed by atoms with E-state index >= 15 is 0 Å². The molecule has 15 atom stereocenters. The number of carbonyl (C=O) groups excluding carboxylic acids is 1. The van der Waals surface area contributed by atoms with Crippen LogP contribution in [0, 0.1) is 35.0 Å². The molecule has 12 heteroatoms. The number of hydrogen-bond donors (Lipinski definition) is 5. The van der Waals surface area contributed by atoms with Crippen molar-refractivity contribution in [2.45, 2.75) is 175 Å². The Morgan fingerprint density at radius 3 is 2.18 bits per heavy atom. The molecule has 0 saturated carbocycles. The Kier molecular flexibility index (Phi) is 14.4. The minimum absolute atomic E-state index is 0.140. The summed E-state index contributed by atoms with van der Waals surface area (Å²) in [6.45, 7) is 23.9. The number of cyclic esters (lactones) is 1. The lowest BCUT2D eigenvalue weighted by molar-refractivity contribution is -0.299. The van der Waals surface area contributed by atoms with Gasteiger partial charge in [-0.1, -0.05) is 53.6 Å². The zero-order valence-corrected chi connectivity index (χ0v) is 33.1. The largest absolute Gasteiger partial charge is 0.459 e. The maximum Gasteiger partial charge on any atom is 0.311 e. The van der Waals surface area contributed by atoms with Crippen LogP contribution in [-0.2, 0) is 28.6 Å². The minimum Gasteiger partial charge on any atom is -0.459 e. The van der Waals surface area contributed by atoms with Gasteiger partial charge in [0.05, 0.1) is 41.1 Å².